The summed E-state index contributed by atoms with van der Waals surface area (Å²) in [6.45, 7) is 4.69. The first-order valence-corrected chi connectivity index (χ1v) is 8.73. The van der Waals surface area contributed by atoms with Crippen LogP contribution in [-0.2, 0) is 27.3 Å². The highest BCUT2D eigenvalue weighted by Crippen LogP contribution is 2.24. The molecule has 0 fully saturated rings. The van der Waals surface area contributed by atoms with Crippen LogP contribution in [-0.4, -0.2) is 36.5 Å². The number of hydrogen-bond donors (Lipinski definition) is 1. The molecule has 1 N–H and O–H groups in total. The van der Waals surface area contributed by atoms with E-state index in [0.29, 0.717) is 13.0 Å². The Morgan fingerprint density at radius 3 is 2.42 bits per heavy atom. The highest BCUT2D eigenvalue weighted by Gasteiger charge is 2.33. The molecule has 0 aliphatic carbocycles. The zero-order valence-corrected chi connectivity index (χ0v) is 15.4. The molecule has 2 aromatic carbocycles. The molecule has 26 heavy (non-hydrogen) atoms. The third-order valence-electron chi connectivity index (χ3n) is 4.67. The van der Waals surface area contributed by atoms with E-state index in [9.17, 15) is 9.59 Å². The van der Waals surface area contributed by atoms with E-state index in [0.717, 1.165) is 27.9 Å². The van der Waals surface area contributed by atoms with Crippen LogP contribution in [0, 0.1) is 13.8 Å². The Morgan fingerprint density at radius 1 is 1.12 bits per heavy atom. The van der Waals surface area contributed by atoms with Gasteiger partial charge in [0.05, 0.1) is 13.7 Å². The van der Waals surface area contributed by atoms with Crippen molar-refractivity contribution < 1.29 is 14.3 Å². The summed E-state index contributed by atoms with van der Waals surface area (Å²) in [6.07, 6.45) is 0.555. The molecule has 1 amide bonds. The second-order valence-electron chi connectivity index (χ2n) is 6.84. The van der Waals surface area contributed by atoms with E-state index >= 15 is 0 Å². The Morgan fingerprint density at radius 2 is 1.77 bits per heavy atom. The minimum atomic E-state index is -0.445. The first-order chi connectivity index (χ1) is 12.5. The Hall–Kier alpha value is -2.66. The Kier molecular flexibility index (Phi) is 5.38. The molecule has 0 bridgehead atoms. The lowest BCUT2D eigenvalue weighted by Crippen LogP contribution is -2.49. The van der Waals surface area contributed by atoms with Crippen molar-refractivity contribution in [2.24, 2.45) is 0 Å². The van der Waals surface area contributed by atoms with Gasteiger partial charge in [-0.15, -0.1) is 0 Å². The van der Waals surface area contributed by atoms with Crippen molar-refractivity contribution in [3.63, 3.8) is 0 Å². The fraction of sp³-hybridized carbons (Fsp3) is 0.333. The van der Waals surface area contributed by atoms with E-state index in [1.54, 1.807) is 0 Å². The highest BCUT2D eigenvalue weighted by atomic mass is 16.5. The van der Waals surface area contributed by atoms with Crippen LogP contribution in [0.3, 0.4) is 0 Å². The molecule has 0 spiro atoms. The van der Waals surface area contributed by atoms with Gasteiger partial charge in [-0.3, -0.25) is 14.5 Å². The maximum Gasteiger partial charge on any atom is 0.323 e. The van der Waals surface area contributed by atoms with Crippen LogP contribution in [0.2, 0.25) is 0 Å². The van der Waals surface area contributed by atoms with Crippen LogP contribution in [0.1, 0.15) is 22.3 Å². The number of amides is 1. The van der Waals surface area contributed by atoms with Crippen LogP contribution in [0.15, 0.2) is 42.5 Å². The third kappa shape index (κ3) is 4.11. The molecule has 5 heteroatoms. The van der Waals surface area contributed by atoms with Crippen LogP contribution in [0.4, 0.5) is 5.69 Å². The number of hydrogen-bond acceptors (Lipinski definition) is 4. The standard InChI is InChI=1S/C21H24N2O3/c1-14-8-15(2)10-18(9-14)22-20(24)13-23-12-17-7-5-4-6-16(17)11-19(23)21(25)26-3/h4-10,19H,11-13H2,1-3H3,(H,22,24)/t19-/m0/s1. The molecular formula is C21H24N2O3. The van der Waals surface area contributed by atoms with Gasteiger partial charge in [-0.05, 0) is 54.7 Å². The second kappa shape index (κ2) is 7.70. The van der Waals surface area contributed by atoms with E-state index in [-0.39, 0.29) is 18.4 Å². The van der Waals surface area contributed by atoms with Gasteiger partial charge in [0.2, 0.25) is 5.91 Å². The SMILES string of the molecule is COC(=O)[C@@H]1Cc2ccccc2CN1CC(=O)Nc1cc(C)cc(C)c1. The minimum Gasteiger partial charge on any atom is -0.468 e. The summed E-state index contributed by atoms with van der Waals surface area (Å²) < 4.78 is 4.95. The number of esters is 1. The zero-order valence-electron chi connectivity index (χ0n) is 15.4. The zero-order chi connectivity index (χ0) is 18.7. The van der Waals surface area contributed by atoms with Crippen molar-refractivity contribution in [3.8, 4) is 0 Å². The molecule has 0 saturated heterocycles. The summed E-state index contributed by atoms with van der Waals surface area (Å²) in [5.41, 5.74) is 5.25. The summed E-state index contributed by atoms with van der Waals surface area (Å²) in [4.78, 5) is 26.7. The van der Waals surface area contributed by atoms with Gasteiger partial charge in [0.1, 0.15) is 6.04 Å². The highest BCUT2D eigenvalue weighted by molar-refractivity contribution is 5.93. The molecule has 1 aliphatic heterocycles. The number of ether oxygens (including phenoxy) is 1. The van der Waals surface area contributed by atoms with Gasteiger partial charge in [0.25, 0.3) is 0 Å². The Balaban J connectivity index is 1.75. The maximum atomic E-state index is 12.6. The van der Waals surface area contributed by atoms with Gasteiger partial charge in [0.15, 0.2) is 0 Å². The van der Waals surface area contributed by atoms with Gasteiger partial charge < -0.3 is 10.1 Å². The first kappa shape index (κ1) is 18.1. The number of aryl methyl sites for hydroxylation is 2. The molecule has 0 unspecified atom stereocenters. The number of carbonyl (C=O) groups excluding carboxylic acids is 2. The minimum absolute atomic E-state index is 0.136. The number of nitrogens with zero attached hydrogens (tertiary/aromatic N) is 1. The fourth-order valence-electron chi connectivity index (χ4n) is 3.54. The Bertz CT molecular complexity index is 812. The molecule has 0 radical (unpaired) electrons. The number of rotatable bonds is 4. The quantitative estimate of drug-likeness (QED) is 0.860. The molecule has 2 aromatic rings. The number of fused-ring (bicyclic) bond motifs is 1. The predicted molar refractivity (Wildman–Crippen MR) is 101 cm³/mol. The lowest BCUT2D eigenvalue weighted by Gasteiger charge is -2.34. The number of nitrogens with one attached hydrogen (secondary N) is 1. The molecule has 1 atom stereocenters. The Labute approximate surface area is 154 Å². The van der Waals surface area contributed by atoms with Crippen molar-refractivity contribution in [2.45, 2.75) is 32.9 Å². The van der Waals surface area contributed by atoms with E-state index in [1.165, 1.54) is 7.11 Å². The molecule has 5 nitrogen and oxygen atoms in total. The average Bonchev–Trinajstić information content (AvgIpc) is 2.59. The van der Waals surface area contributed by atoms with Crippen molar-refractivity contribution in [1.82, 2.24) is 4.90 Å². The van der Waals surface area contributed by atoms with E-state index in [4.69, 9.17) is 4.74 Å². The normalized spacial score (nSPS) is 16.7. The summed E-state index contributed by atoms with van der Waals surface area (Å²) in [5.74, 6) is -0.443. The molecule has 1 heterocycles. The van der Waals surface area contributed by atoms with Crippen LogP contribution in [0.25, 0.3) is 0 Å². The molecule has 1 aliphatic rings. The summed E-state index contributed by atoms with van der Waals surface area (Å²) in [5, 5.41) is 2.94. The molecule has 0 aromatic heterocycles. The van der Waals surface area contributed by atoms with E-state index in [2.05, 4.69) is 11.4 Å². The molecule has 0 saturated carbocycles. The van der Waals surface area contributed by atoms with Gasteiger partial charge in [-0.25, -0.2) is 0 Å². The number of methoxy groups -OCH3 is 1. The fourth-order valence-corrected chi connectivity index (χ4v) is 3.54. The maximum absolute atomic E-state index is 12.6. The number of benzene rings is 2. The van der Waals surface area contributed by atoms with Gasteiger partial charge >= 0.3 is 5.97 Å². The molecule has 3 rings (SSSR count). The monoisotopic (exact) mass is 352 g/mol. The van der Waals surface area contributed by atoms with Crippen molar-refractivity contribution in [3.05, 3.63) is 64.7 Å². The summed E-state index contributed by atoms with van der Waals surface area (Å²) >= 11 is 0. The predicted octanol–water partition coefficient (Wildman–Crippen LogP) is 2.84. The molecule has 136 valence electrons. The van der Waals surface area contributed by atoms with Crippen molar-refractivity contribution in [2.75, 3.05) is 19.0 Å². The second-order valence-corrected chi connectivity index (χ2v) is 6.84. The summed E-state index contributed by atoms with van der Waals surface area (Å²) in [7, 11) is 1.39. The van der Waals surface area contributed by atoms with Crippen LogP contribution < -0.4 is 5.32 Å². The summed E-state index contributed by atoms with van der Waals surface area (Å²) in [6, 6.07) is 13.5. The average molecular weight is 352 g/mol. The number of anilines is 1. The van der Waals surface area contributed by atoms with Crippen molar-refractivity contribution >= 4 is 17.6 Å². The largest absolute Gasteiger partial charge is 0.468 e. The smallest absolute Gasteiger partial charge is 0.323 e. The lowest BCUT2D eigenvalue weighted by molar-refractivity contribution is -0.148. The van der Waals surface area contributed by atoms with Crippen molar-refractivity contribution in [1.29, 1.82) is 0 Å². The van der Waals surface area contributed by atoms with E-state index < -0.39 is 6.04 Å². The van der Waals surface area contributed by atoms with Crippen LogP contribution >= 0.6 is 0 Å². The first-order valence-electron chi connectivity index (χ1n) is 8.73. The van der Waals surface area contributed by atoms with Gasteiger partial charge in [-0.1, -0.05) is 30.3 Å². The topological polar surface area (TPSA) is 58.6 Å². The molecular weight excluding hydrogens is 328 g/mol. The lowest BCUT2D eigenvalue weighted by atomic mass is 9.94. The van der Waals surface area contributed by atoms with Gasteiger partial charge in [0, 0.05) is 12.2 Å². The van der Waals surface area contributed by atoms with Gasteiger partial charge in [-0.2, -0.15) is 0 Å². The third-order valence-corrected chi connectivity index (χ3v) is 4.67. The van der Waals surface area contributed by atoms with Crippen LogP contribution in [0.5, 0.6) is 0 Å². The number of carbonyl (C=O) groups is 2. The van der Waals surface area contributed by atoms with E-state index in [1.807, 2.05) is 55.1 Å².